The molecule has 4 fully saturated rings. The van der Waals surface area contributed by atoms with Crippen molar-refractivity contribution in [2.75, 3.05) is 6.61 Å². The molecule has 2 nitrogen and oxygen atoms in total. The second-order valence-electron chi connectivity index (χ2n) is 5.28. The van der Waals surface area contributed by atoms with Crippen molar-refractivity contribution in [1.29, 1.82) is 0 Å². The van der Waals surface area contributed by atoms with Crippen LogP contribution in [0.25, 0.3) is 0 Å². The number of hydrogen-bond acceptors (Lipinski definition) is 2. The van der Waals surface area contributed by atoms with Gasteiger partial charge in [-0.25, -0.2) is 4.39 Å². The summed E-state index contributed by atoms with van der Waals surface area (Å²) in [4.78, 5) is 11.8. The second kappa shape index (κ2) is 2.57. The second-order valence-corrected chi connectivity index (χ2v) is 5.28. The monoisotopic (exact) mass is 198 g/mol. The molecule has 5 atom stereocenters. The van der Waals surface area contributed by atoms with E-state index in [4.69, 9.17) is 0 Å². The molecule has 0 spiro atoms. The first-order valence-electron chi connectivity index (χ1n) is 5.47. The molecular weight excluding hydrogens is 183 g/mol. The third-order valence-corrected chi connectivity index (χ3v) is 4.53. The minimum atomic E-state index is -1.22. The normalized spacial score (nSPS) is 55.4. The summed E-state index contributed by atoms with van der Waals surface area (Å²) in [7, 11) is 0. The zero-order chi connectivity index (χ0) is 9.92. The van der Waals surface area contributed by atoms with Gasteiger partial charge in [0.05, 0.1) is 0 Å². The molecule has 0 aliphatic heterocycles. The number of alkyl halides is 1. The maximum atomic E-state index is 14.4. The summed E-state index contributed by atoms with van der Waals surface area (Å²) in [6, 6.07) is 0. The van der Waals surface area contributed by atoms with Gasteiger partial charge in [0.2, 0.25) is 0 Å². The molecule has 0 aromatic rings. The average Bonchev–Trinajstić information content (AvgIpc) is 2.12. The Bertz CT molecular complexity index is 291. The van der Waals surface area contributed by atoms with Gasteiger partial charge >= 0.3 is 0 Å². The number of aliphatic hydroxyl groups is 1. The molecule has 0 saturated heterocycles. The van der Waals surface area contributed by atoms with Crippen molar-refractivity contribution < 1.29 is 14.3 Å². The fourth-order valence-corrected chi connectivity index (χ4v) is 4.03. The lowest BCUT2D eigenvalue weighted by Crippen LogP contribution is -2.60. The van der Waals surface area contributed by atoms with Gasteiger partial charge in [0, 0.05) is 24.4 Å². The molecule has 1 N–H and O–H groups in total. The molecule has 4 saturated carbocycles. The van der Waals surface area contributed by atoms with E-state index in [1.807, 2.05) is 0 Å². The number of halogens is 1. The minimum absolute atomic E-state index is 0.0275. The SMILES string of the molecule is O=C1C2CC3CC1C(CO)C(F)(C3)C2. The lowest BCUT2D eigenvalue weighted by atomic mass is 9.50. The molecule has 3 heteroatoms. The summed E-state index contributed by atoms with van der Waals surface area (Å²) in [5.41, 5.74) is -1.22. The maximum Gasteiger partial charge on any atom is 0.139 e. The van der Waals surface area contributed by atoms with Crippen molar-refractivity contribution in [2.24, 2.45) is 23.7 Å². The van der Waals surface area contributed by atoms with Gasteiger partial charge < -0.3 is 5.11 Å². The van der Waals surface area contributed by atoms with Crippen LogP contribution in [0.15, 0.2) is 0 Å². The Morgan fingerprint density at radius 3 is 2.93 bits per heavy atom. The number of aliphatic hydroxyl groups excluding tert-OH is 1. The Kier molecular flexibility index (Phi) is 1.62. The van der Waals surface area contributed by atoms with Gasteiger partial charge in [0.15, 0.2) is 0 Å². The first kappa shape index (κ1) is 8.84. The van der Waals surface area contributed by atoms with Crippen molar-refractivity contribution >= 4 is 5.78 Å². The Labute approximate surface area is 82.5 Å². The van der Waals surface area contributed by atoms with Crippen LogP contribution < -0.4 is 0 Å². The molecule has 5 unspecified atom stereocenters. The Hall–Kier alpha value is -0.440. The molecule has 0 heterocycles. The van der Waals surface area contributed by atoms with E-state index in [2.05, 4.69) is 0 Å². The molecule has 14 heavy (non-hydrogen) atoms. The van der Waals surface area contributed by atoms with Crippen molar-refractivity contribution in [2.45, 2.75) is 31.4 Å². The lowest BCUT2D eigenvalue weighted by Gasteiger charge is -2.55. The summed E-state index contributed by atoms with van der Waals surface area (Å²) < 4.78 is 14.4. The van der Waals surface area contributed by atoms with E-state index in [0.717, 1.165) is 12.8 Å². The number of carbonyl (C=O) groups is 1. The molecule has 78 valence electrons. The number of hydrogen-bond donors (Lipinski definition) is 1. The standard InChI is InChI=1S/C11H15FO2/c12-11-3-6-1-7(4-11)10(14)8(2-6)9(11)5-13/h6-9,13H,1-5H2. The van der Waals surface area contributed by atoms with Crippen molar-refractivity contribution in [3.8, 4) is 0 Å². The largest absolute Gasteiger partial charge is 0.396 e. The molecule has 4 bridgehead atoms. The van der Waals surface area contributed by atoms with Crippen LogP contribution in [0.5, 0.6) is 0 Å². The van der Waals surface area contributed by atoms with E-state index in [1.54, 1.807) is 0 Å². The highest BCUT2D eigenvalue weighted by Crippen LogP contribution is 2.58. The van der Waals surface area contributed by atoms with Crippen molar-refractivity contribution in [3.63, 3.8) is 0 Å². The van der Waals surface area contributed by atoms with Crippen molar-refractivity contribution in [1.82, 2.24) is 0 Å². The predicted octanol–water partition coefficient (Wildman–Crippen LogP) is 1.32. The molecule has 4 aliphatic rings. The predicted molar refractivity (Wildman–Crippen MR) is 48.4 cm³/mol. The molecule has 0 aromatic heterocycles. The van der Waals surface area contributed by atoms with E-state index in [1.165, 1.54) is 0 Å². The van der Waals surface area contributed by atoms with E-state index in [0.29, 0.717) is 18.8 Å². The van der Waals surface area contributed by atoms with E-state index in [9.17, 15) is 14.3 Å². The zero-order valence-corrected chi connectivity index (χ0v) is 8.08. The van der Waals surface area contributed by atoms with Gasteiger partial charge in [-0.15, -0.1) is 0 Å². The number of rotatable bonds is 1. The smallest absolute Gasteiger partial charge is 0.139 e. The topological polar surface area (TPSA) is 37.3 Å². The average molecular weight is 198 g/mol. The maximum absolute atomic E-state index is 14.4. The van der Waals surface area contributed by atoms with Crippen LogP contribution >= 0.6 is 0 Å². The van der Waals surface area contributed by atoms with Gasteiger partial charge in [0.1, 0.15) is 11.5 Å². The van der Waals surface area contributed by atoms with Crippen LogP contribution in [0.4, 0.5) is 4.39 Å². The van der Waals surface area contributed by atoms with Crippen LogP contribution in [-0.2, 0) is 4.79 Å². The zero-order valence-electron chi connectivity index (χ0n) is 8.08. The highest BCUT2D eigenvalue weighted by atomic mass is 19.1. The minimum Gasteiger partial charge on any atom is -0.396 e. The number of Topliss-reactive ketones (excluding diaryl/α,β-unsaturated/α-hetero) is 1. The van der Waals surface area contributed by atoms with Gasteiger partial charge in [-0.05, 0) is 31.6 Å². The Balaban J connectivity index is 2.00. The summed E-state index contributed by atoms with van der Waals surface area (Å²) in [6.45, 7) is -0.160. The van der Waals surface area contributed by atoms with E-state index in [-0.39, 0.29) is 24.2 Å². The first-order valence-corrected chi connectivity index (χ1v) is 5.47. The van der Waals surface area contributed by atoms with Crippen LogP contribution in [-0.4, -0.2) is 23.2 Å². The van der Waals surface area contributed by atoms with Gasteiger partial charge in [0.25, 0.3) is 0 Å². The van der Waals surface area contributed by atoms with Crippen molar-refractivity contribution in [3.05, 3.63) is 0 Å². The quantitative estimate of drug-likeness (QED) is 0.690. The molecular formula is C11H15FO2. The van der Waals surface area contributed by atoms with Crippen LogP contribution in [0.2, 0.25) is 0 Å². The first-order chi connectivity index (χ1) is 6.64. The number of ketones is 1. The Morgan fingerprint density at radius 2 is 2.21 bits per heavy atom. The third-order valence-electron chi connectivity index (χ3n) is 4.53. The fraction of sp³-hybridized carbons (Fsp3) is 0.909. The van der Waals surface area contributed by atoms with Crippen LogP contribution in [0.1, 0.15) is 25.7 Å². The summed E-state index contributed by atoms with van der Waals surface area (Å²) in [6.07, 6.45) is 2.69. The summed E-state index contributed by atoms with van der Waals surface area (Å²) in [5, 5.41) is 9.19. The molecule has 0 aromatic carbocycles. The lowest BCUT2D eigenvalue weighted by molar-refractivity contribution is -0.168. The van der Waals surface area contributed by atoms with Gasteiger partial charge in [-0.3, -0.25) is 4.79 Å². The fourth-order valence-electron chi connectivity index (χ4n) is 4.03. The van der Waals surface area contributed by atoms with Crippen LogP contribution in [0, 0.1) is 23.7 Å². The number of carbonyl (C=O) groups excluding carboxylic acids is 1. The molecule has 0 amide bonds. The van der Waals surface area contributed by atoms with Gasteiger partial charge in [-0.1, -0.05) is 0 Å². The highest BCUT2D eigenvalue weighted by molar-refractivity contribution is 5.86. The molecule has 4 aliphatic carbocycles. The molecule has 0 radical (unpaired) electrons. The Morgan fingerprint density at radius 1 is 1.43 bits per heavy atom. The van der Waals surface area contributed by atoms with E-state index < -0.39 is 11.6 Å². The molecule has 4 rings (SSSR count). The van der Waals surface area contributed by atoms with Crippen LogP contribution in [0.3, 0.4) is 0 Å². The van der Waals surface area contributed by atoms with Gasteiger partial charge in [-0.2, -0.15) is 0 Å². The summed E-state index contributed by atoms with van der Waals surface area (Å²) in [5.74, 6) is 0.0388. The highest BCUT2D eigenvalue weighted by Gasteiger charge is 2.61. The third kappa shape index (κ3) is 0.914. The summed E-state index contributed by atoms with van der Waals surface area (Å²) >= 11 is 0. The van der Waals surface area contributed by atoms with E-state index >= 15 is 0 Å².